The van der Waals surface area contributed by atoms with Crippen LogP contribution in [0.25, 0.3) is 0 Å². The maximum atomic E-state index is 12.9. The molecule has 0 fully saturated rings. The molecule has 0 saturated carbocycles. The van der Waals surface area contributed by atoms with Gasteiger partial charge in [-0.25, -0.2) is 4.79 Å². The number of nitrogens with zero attached hydrogens (tertiary/aromatic N) is 1. The summed E-state index contributed by atoms with van der Waals surface area (Å²) in [5, 5.41) is 9.72. The molecular formula is C66H124NO8+. The maximum Gasteiger partial charge on any atom is 0.361 e. The molecule has 2 unspecified atom stereocenters. The second kappa shape index (κ2) is 57.7. The molecule has 0 amide bonds. The minimum atomic E-state index is -1.51. The molecule has 0 aromatic heterocycles. The summed E-state index contributed by atoms with van der Waals surface area (Å²) >= 11 is 0. The number of hydrogen-bond donors (Lipinski definition) is 1. The summed E-state index contributed by atoms with van der Waals surface area (Å²) in [5.74, 6) is -1.98. The predicted octanol–water partition coefficient (Wildman–Crippen LogP) is 19.2. The average molecular weight is 1060 g/mol. The van der Waals surface area contributed by atoms with Gasteiger partial charge in [-0.3, -0.25) is 9.59 Å². The molecule has 75 heavy (non-hydrogen) atoms. The minimum Gasteiger partial charge on any atom is -0.477 e. The number of carbonyl (C=O) groups is 3. The number of carboxylic acids is 1. The number of likely N-dealkylation sites (N-methyl/N-ethyl adjacent to an activating group) is 1. The molecule has 0 saturated heterocycles. The van der Waals surface area contributed by atoms with Crippen LogP contribution >= 0.6 is 0 Å². The molecule has 0 radical (unpaired) electrons. The smallest absolute Gasteiger partial charge is 0.361 e. The highest BCUT2D eigenvalue weighted by atomic mass is 16.7. The first-order valence-corrected chi connectivity index (χ1v) is 32.2. The number of hydrogen-bond acceptors (Lipinski definition) is 7. The van der Waals surface area contributed by atoms with E-state index in [4.69, 9.17) is 18.9 Å². The van der Waals surface area contributed by atoms with Crippen LogP contribution in [0.4, 0.5) is 0 Å². The van der Waals surface area contributed by atoms with Crippen molar-refractivity contribution < 1.29 is 42.9 Å². The highest BCUT2D eigenvalue weighted by Gasteiger charge is 2.25. The zero-order valence-electron chi connectivity index (χ0n) is 50.2. The van der Waals surface area contributed by atoms with Gasteiger partial charge in [0.2, 0.25) is 0 Å². The highest BCUT2D eigenvalue weighted by molar-refractivity contribution is 5.71. The van der Waals surface area contributed by atoms with Crippen molar-refractivity contribution >= 4 is 17.9 Å². The maximum absolute atomic E-state index is 12.9. The van der Waals surface area contributed by atoms with E-state index < -0.39 is 18.4 Å². The van der Waals surface area contributed by atoms with Crippen LogP contribution in [0, 0.1) is 0 Å². The Kier molecular flexibility index (Phi) is 55.8. The first kappa shape index (κ1) is 72.5. The molecule has 0 aliphatic rings. The molecule has 0 aliphatic heterocycles. The van der Waals surface area contributed by atoms with Gasteiger partial charge in [-0.1, -0.05) is 281 Å². The van der Waals surface area contributed by atoms with Gasteiger partial charge < -0.3 is 28.5 Å². The van der Waals surface area contributed by atoms with Crippen LogP contribution in [-0.4, -0.2) is 87.4 Å². The van der Waals surface area contributed by atoms with E-state index in [9.17, 15) is 19.5 Å². The van der Waals surface area contributed by atoms with Gasteiger partial charge in [-0.05, 0) is 51.4 Å². The van der Waals surface area contributed by atoms with Crippen LogP contribution in [0.3, 0.4) is 0 Å². The summed E-state index contributed by atoms with van der Waals surface area (Å²) in [6, 6.07) is 0. The van der Waals surface area contributed by atoms with Gasteiger partial charge in [0.1, 0.15) is 13.2 Å². The molecule has 9 nitrogen and oxygen atoms in total. The second-order valence-electron chi connectivity index (χ2n) is 23.1. The lowest BCUT2D eigenvalue weighted by molar-refractivity contribution is -0.870. The lowest BCUT2D eigenvalue weighted by Crippen LogP contribution is -2.40. The number of esters is 2. The number of allylic oxidation sites excluding steroid dienone is 6. The van der Waals surface area contributed by atoms with Crippen LogP contribution in [0.2, 0.25) is 0 Å². The summed E-state index contributed by atoms with van der Waals surface area (Å²) in [4.78, 5) is 37.5. The number of quaternary nitrogens is 1. The van der Waals surface area contributed by atoms with Gasteiger partial charge in [-0.2, -0.15) is 0 Å². The zero-order chi connectivity index (χ0) is 54.8. The number of aliphatic carboxylic acids is 1. The Balaban J connectivity index is 4.14. The van der Waals surface area contributed by atoms with Crippen LogP contribution in [-0.2, 0) is 33.3 Å². The number of carbonyl (C=O) groups excluding carboxylic acids is 2. The third-order valence-electron chi connectivity index (χ3n) is 14.4. The third kappa shape index (κ3) is 59.0. The van der Waals surface area contributed by atoms with Gasteiger partial charge in [0, 0.05) is 12.8 Å². The number of carboxylic acid groups (broad SMARTS) is 1. The van der Waals surface area contributed by atoms with Gasteiger partial charge >= 0.3 is 17.9 Å². The van der Waals surface area contributed by atoms with Crippen molar-refractivity contribution in [3.05, 3.63) is 36.5 Å². The Bertz CT molecular complexity index is 1320. The van der Waals surface area contributed by atoms with Gasteiger partial charge in [-0.15, -0.1) is 0 Å². The first-order valence-electron chi connectivity index (χ1n) is 32.2. The monoisotopic (exact) mass is 1060 g/mol. The largest absolute Gasteiger partial charge is 0.477 e. The number of ether oxygens (including phenoxy) is 4. The summed E-state index contributed by atoms with van der Waals surface area (Å²) < 4.78 is 23.0. The lowest BCUT2D eigenvalue weighted by atomic mass is 10.0. The molecule has 2 atom stereocenters. The van der Waals surface area contributed by atoms with Crippen molar-refractivity contribution in [3.63, 3.8) is 0 Å². The number of unbranched alkanes of at least 4 members (excludes halogenated alkanes) is 39. The Morgan fingerprint density at radius 2 is 0.720 bits per heavy atom. The summed E-state index contributed by atoms with van der Waals surface area (Å²) in [5.41, 5.74) is 0. The molecule has 1 N–H and O–H groups in total. The SMILES string of the molecule is CCCCCCC/C=C\C/C=C\C/C=C\CCCCCCCCCCCCCCCCC(=O)OC(COC(=O)CCCCCCCCCCCCCCCCCCCCCCC)COC(OCC[N+](C)(C)C)C(=O)O. The Morgan fingerprint density at radius 1 is 0.400 bits per heavy atom. The van der Waals surface area contributed by atoms with E-state index in [1.54, 1.807) is 0 Å². The van der Waals surface area contributed by atoms with Crippen molar-refractivity contribution in [2.75, 3.05) is 47.5 Å². The summed E-state index contributed by atoms with van der Waals surface area (Å²) in [6.07, 6.45) is 68.1. The molecule has 0 aliphatic carbocycles. The van der Waals surface area contributed by atoms with Crippen LogP contribution in [0.5, 0.6) is 0 Å². The van der Waals surface area contributed by atoms with Crippen LogP contribution < -0.4 is 0 Å². The molecular weight excluding hydrogens is 935 g/mol. The van der Waals surface area contributed by atoms with Crippen molar-refractivity contribution in [3.8, 4) is 0 Å². The second-order valence-corrected chi connectivity index (χ2v) is 23.1. The van der Waals surface area contributed by atoms with E-state index in [0.29, 0.717) is 17.4 Å². The van der Waals surface area contributed by atoms with Crippen LogP contribution in [0.15, 0.2) is 36.5 Å². The van der Waals surface area contributed by atoms with E-state index in [2.05, 4.69) is 50.3 Å². The fraction of sp³-hybridized carbons (Fsp3) is 0.864. The number of rotatable bonds is 60. The zero-order valence-corrected chi connectivity index (χ0v) is 50.2. The predicted molar refractivity (Wildman–Crippen MR) is 318 cm³/mol. The molecule has 0 heterocycles. The molecule has 0 spiro atoms. The molecule has 9 heteroatoms. The fourth-order valence-electron chi connectivity index (χ4n) is 9.44. The summed E-state index contributed by atoms with van der Waals surface area (Å²) in [6.45, 7) is 4.92. The summed E-state index contributed by atoms with van der Waals surface area (Å²) in [7, 11) is 5.98. The normalized spacial score (nSPS) is 12.9. The molecule has 0 rings (SSSR count). The van der Waals surface area contributed by atoms with Gasteiger partial charge in [0.05, 0.1) is 34.4 Å². The van der Waals surface area contributed by atoms with Crippen LogP contribution in [0.1, 0.15) is 309 Å². The van der Waals surface area contributed by atoms with E-state index in [1.807, 2.05) is 21.1 Å². The molecule has 0 aromatic rings. The van der Waals surface area contributed by atoms with E-state index in [0.717, 1.165) is 51.4 Å². The van der Waals surface area contributed by atoms with Crippen molar-refractivity contribution in [2.45, 2.75) is 322 Å². The van der Waals surface area contributed by atoms with Gasteiger partial charge in [0.15, 0.2) is 6.10 Å². The Morgan fingerprint density at radius 3 is 1.07 bits per heavy atom. The van der Waals surface area contributed by atoms with Crippen molar-refractivity contribution in [1.29, 1.82) is 0 Å². The molecule has 440 valence electrons. The average Bonchev–Trinajstić information content (AvgIpc) is 3.38. The van der Waals surface area contributed by atoms with Gasteiger partial charge in [0.25, 0.3) is 6.29 Å². The fourth-order valence-corrected chi connectivity index (χ4v) is 9.44. The Hall–Kier alpha value is -2.49. The molecule has 0 bridgehead atoms. The van der Waals surface area contributed by atoms with E-state index >= 15 is 0 Å². The quantitative estimate of drug-likeness (QED) is 0.0211. The standard InChI is InChI=1S/C66H123NO8/c1-6-8-10-12-14-16-18-20-22-24-26-28-29-30-31-32-33-34-35-37-39-41-43-45-47-49-51-53-55-57-64(69)75-62(61-74-66(65(70)71)72-59-58-67(3,4)5)60-73-63(68)56-54-52-50-48-46-44-42-40-38-36-27-25-23-21-19-17-15-13-11-9-7-2/h18,20,24,26,29-30,62,66H,6-17,19,21-23,25,27-28,31-61H2,1-5H3/p+1/b20-18-,26-24-,30-29-. The topological polar surface area (TPSA) is 108 Å². The Labute approximate surface area is 464 Å². The van der Waals surface area contributed by atoms with Crippen molar-refractivity contribution in [1.82, 2.24) is 0 Å². The van der Waals surface area contributed by atoms with E-state index in [-0.39, 0.29) is 38.2 Å². The minimum absolute atomic E-state index is 0.177. The van der Waals surface area contributed by atoms with E-state index in [1.165, 1.54) is 231 Å². The third-order valence-corrected chi connectivity index (χ3v) is 14.4. The first-order chi connectivity index (χ1) is 36.6. The van der Waals surface area contributed by atoms with Crippen molar-refractivity contribution in [2.24, 2.45) is 0 Å². The molecule has 0 aromatic carbocycles. The highest BCUT2D eigenvalue weighted by Crippen LogP contribution is 2.18. The lowest BCUT2D eigenvalue weighted by Gasteiger charge is -2.25.